The molecule has 3 aromatic rings. The monoisotopic (exact) mass is 461 g/mol. The number of morpholine rings is 1. The maximum atomic E-state index is 6.30. The Bertz CT molecular complexity index is 1050. The van der Waals surface area contributed by atoms with Gasteiger partial charge in [-0.1, -0.05) is 48.3 Å². The van der Waals surface area contributed by atoms with Gasteiger partial charge in [-0.2, -0.15) is 0 Å². The van der Waals surface area contributed by atoms with E-state index in [1.165, 1.54) is 5.56 Å². The van der Waals surface area contributed by atoms with Crippen LogP contribution in [0.15, 0.2) is 52.8 Å². The number of nitrogens with zero attached hydrogens (tertiary/aromatic N) is 3. The van der Waals surface area contributed by atoms with E-state index in [-0.39, 0.29) is 0 Å². The Morgan fingerprint density at radius 2 is 1.77 bits per heavy atom. The molecule has 7 heteroatoms. The first-order valence-corrected chi connectivity index (χ1v) is 11.8. The van der Waals surface area contributed by atoms with Crippen LogP contribution in [0.3, 0.4) is 0 Å². The topological polar surface area (TPSA) is 29.8 Å². The van der Waals surface area contributed by atoms with E-state index >= 15 is 0 Å². The molecule has 0 radical (unpaired) electrons. The minimum atomic E-state index is 0.564. The van der Waals surface area contributed by atoms with Gasteiger partial charge in [-0.05, 0) is 36.2 Å². The van der Waals surface area contributed by atoms with Crippen molar-refractivity contribution < 1.29 is 4.74 Å². The summed E-state index contributed by atoms with van der Waals surface area (Å²) in [5, 5.41) is 3.28. The zero-order chi connectivity index (χ0) is 20.9. The minimum absolute atomic E-state index is 0.564. The quantitative estimate of drug-likeness (QED) is 0.474. The normalized spacial score (nSPS) is 15.6. The van der Waals surface area contributed by atoms with E-state index in [0.29, 0.717) is 10.0 Å². The maximum Gasteiger partial charge on any atom is 0.190 e. The predicted octanol–water partition coefficient (Wildman–Crippen LogP) is 5.65. The second-order valence-electron chi connectivity index (χ2n) is 7.27. The highest BCUT2D eigenvalue weighted by molar-refractivity contribution is 7.07. The highest BCUT2D eigenvalue weighted by Crippen LogP contribution is 2.29. The van der Waals surface area contributed by atoms with Crippen molar-refractivity contribution in [1.82, 2.24) is 9.47 Å². The van der Waals surface area contributed by atoms with Crippen molar-refractivity contribution in [1.29, 1.82) is 0 Å². The molecule has 1 aliphatic heterocycles. The van der Waals surface area contributed by atoms with Crippen LogP contribution < -0.4 is 4.80 Å². The summed E-state index contributed by atoms with van der Waals surface area (Å²) in [5.74, 6) is 0. The average Bonchev–Trinajstić information content (AvgIpc) is 3.17. The predicted molar refractivity (Wildman–Crippen MR) is 126 cm³/mol. The molecule has 0 saturated carbocycles. The summed E-state index contributed by atoms with van der Waals surface area (Å²) in [6, 6.07) is 14.3. The summed E-state index contributed by atoms with van der Waals surface area (Å²) < 4.78 is 7.77. The molecule has 0 unspecified atom stereocenters. The van der Waals surface area contributed by atoms with Crippen molar-refractivity contribution in [3.63, 3.8) is 0 Å². The van der Waals surface area contributed by atoms with Gasteiger partial charge >= 0.3 is 0 Å². The molecule has 1 saturated heterocycles. The number of ether oxygens (including phenoxy) is 1. The van der Waals surface area contributed by atoms with E-state index in [4.69, 9.17) is 32.9 Å². The fraction of sp³-hybridized carbons (Fsp3) is 0.348. The third kappa shape index (κ3) is 5.16. The molecule has 1 aliphatic rings. The van der Waals surface area contributed by atoms with Crippen LogP contribution in [0.4, 0.5) is 5.69 Å². The third-order valence-corrected chi connectivity index (χ3v) is 6.93. The van der Waals surface area contributed by atoms with E-state index < -0.39 is 0 Å². The molecule has 30 heavy (non-hydrogen) atoms. The van der Waals surface area contributed by atoms with Crippen molar-refractivity contribution in [3.05, 3.63) is 68.3 Å². The molecule has 0 aliphatic carbocycles. The summed E-state index contributed by atoms with van der Waals surface area (Å²) in [4.78, 5) is 8.36. The Kier molecular flexibility index (Phi) is 7.28. The largest absolute Gasteiger partial charge is 0.379 e. The van der Waals surface area contributed by atoms with E-state index in [9.17, 15) is 0 Å². The number of hydrogen-bond donors (Lipinski definition) is 0. The molecule has 0 amide bonds. The average molecular weight is 462 g/mol. The number of aromatic nitrogens is 1. The zero-order valence-corrected chi connectivity index (χ0v) is 19.3. The van der Waals surface area contributed by atoms with Gasteiger partial charge in [0, 0.05) is 37.1 Å². The van der Waals surface area contributed by atoms with Gasteiger partial charge in [-0.15, -0.1) is 11.3 Å². The number of aryl methyl sites for hydroxylation is 1. The molecule has 1 fully saturated rings. The number of hydrogen-bond acceptors (Lipinski definition) is 4. The maximum absolute atomic E-state index is 6.30. The Morgan fingerprint density at radius 1 is 1.00 bits per heavy atom. The van der Waals surface area contributed by atoms with Crippen molar-refractivity contribution in [2.24, 2.45) is 4.99 Å². The molecule has 0 N–H and O–H groups in total. The molecule has 4 nitrogen and oxygen atoms in total. The summed E-state index contributed by atoms with van der Waals surface area (Å²) in [6.45, 7) is 7.51. The van der Waals surface area contributed by atoms with E-state index in [1.54, 1.807) is 11.3 Å². The number of thiazole rings is 1. The van der Waals surface area contributed by atoms with E-state index in [2.05, 4.69) is 46.0 Å². The van der Waals surface area contributed by atoms with Gasteiger partial charge in [-0.3, -0.25) is 4.90 Å². The third-order valence-electron chi connectivity index (χ3n) is 5.33. The molecule has 0 bridgehead atoms. The lowest BCUT2D eigenvalue weighted by Gasteiger charge is -2.26. The van der Waals surface area contributed by atoms with Crippen molar-refractivity contribution in [2.75, 3.05) is 32.8 Å². The Hall–Kier alpha value is -1.63. The van der Waals surface area contributed by atoms with Crippen LogP contribution in [0.1, 0.15) is 12.5 Å². The Labute approximate surface area is 191 Å². The molecule has 158 valence electrons. The standard InChI is InChI=1S/C23H25Cl2N3OS/c1-2-17-3-6-19(7-4-17)26-23-28(10-9-27-11-13-29-14-12-27)22(16-30-23)18-5-8-20(24)21(25)15-18/h3-8,15-16H,2,9-14H2,1H3. The fourth-order valence-corrected chi connectivity index (χ4v) is 4.76. The first kappa shape index (κ1) is 21.6. The second kappa shape index (κ2) is 10.1. The van der Waals surface area contributed by atoms with E-state index in [1.807, 2.05) is 18.2 Å². The van der Waals surface area contributed by atoms with Crippen LogP contribution in [0.2, 0.25) is 10.0 Å². The SMILES string of the molecule is CCc1ccc(N=c2scc(-c3ccc(Cl)c(Cl)c3)n2CCN2CCOCC2)cc1. The lowest BCUT2D eigenvalue weighted by molar-refractivity contribution is 0.0363. The molecule has 0 spiro atoms. The summed E-state index contributed by atoms with van der Waals surface area (Å²) >= 11 is 14.1. The fourth-order valence-electron chi connectivity index (χ4n) is 3.50. The van der Waals surface area contributed by atoms with Crippen LogP contribution in [0, 0.1) is 0 Å². The number of halogens is 2. The lowest BCUT2D eigenvalue weighted by Crippen LogP contribution is -2.39. The van der Waals surface area contributed by atoms with Crippen molar-refractivity contribution >= 4 is 40.2 Å². The molecule has 1 aromatic heterocycles. The van der Waals surface area contributed by atoms with Crippen LogP contribution in [-0.4, -0.2) is 42.3 Å². The van der Waals surface area contributed by atoms with Gasteiger partial charge in [0.05, 0.1) is 34.6 Å². The molecule has 4 rings (SSSR count). The van der Waals surface area contributed by atoms with Crippen LogP contribution in [0.25, 0.3) is 11.3 Å². The Balaban J connectivity index is 1.70. The van der Waals surface area contributed by atoms with Gasteiger partial charge in [0.2, 0.25) is 0 Å². The molecule has 2 aromatic carbocycles. The first-order valence-electron chi connectivity index (χ1n) is 10.2. The molecule has 2 heterocycles. The van der Waals surface area contributed by atoms with Crippen LogP contribution in [-0.2, 0) is 17.7 Å². The van der Waals surface area contributed by atoms with Crippen molar-refractivity contribution in [3.8, 4) is 11.3 Å². The highest BCUT2D eigenvalue weighted by atomic mass is 35.5. The lowest BCUT2D eigenvalue weighted by atomic mass is 10.1. The van der Waals surface area contributed by atoms with Gasteiger partial charge in [0.25, 0.3) is 0 Å². The van der Waals surface area contributed by atoms with Gasteiger partial charge in [-0.25, -0.2) is 4.99 Å². The smallest absolute Gasteiger partial charge is 0.190 e. The van der Waals surface area contributed by atoms with Gasteiger partial charge < -0.3 is 9.30 Å². The molecule has 0 atom stereocenters. The van der Waals surface area contributed by atoms with E-state index in [0.717, 1.165) is 67.6 Å². The van der Waals surface area contributed by atoms with Crippen LogP contribution in [0.5, 0.6) is 0 Å². The first-order chi connectivity index (χ1) is 14.6. The molecular weight excluding hydrogens is 437 g/mol. The van der Waals surface area contributed by atoms with Gasteiger partial charge in [0.1, 0.15) is 0 Å². The van der Waals surface area contributed by atoms with Gasteiger partial charge in [0.15, 0.2) is 4.80 Å². The minimum Gasteiger partial charge on any atom is -0.379 e. The van der Waals surface area contributed by atoms with Crippen LogP contribution >= 0.6 is 34.5 Å². The number of benzene rings is 2. The number of rotatable bonds is 6. The Morgan fingerprint density at radius 3 is 2.47 bits per heavy atom. The molecular formula is C23H25Cl2N3OS. The summed E-state index contributed by atoms with van der Waals surface area (Å²) in [7, 11) is 0. The second-order valence-corrected chi connectivity index (χ2v) is 8.92. The highest BCUT2D eigenvalue weighted by Gasteiger charge is 2.14. The summed E-state index contributed by atoms with van der Waals surface area (Å²) in [6.07, 6.45) is 1.03. The zero-order valence-electron chi connectivity index (χ0n) is 17.0. The van der Waals surface area contributed by atoms with Crippen molar-refractivity contribution in [2.45, 2.75) is 19.9 Å². The summed E-state index contributed by atoms with van der Waals surface area (Å²) in [5.41, 5.74) is 4.44.